The van der Waals surface area contributed by atoms with Crippen molar-refractivity contribution >= 4 is 62.8 Å². The van der Waals surface area contributed by atoms with Crippen molar-refractivity contribution < 1.29 is 27.2 Å². The van der Waals surface area contributed by atoms with Crippen molar-refractivity contribution in [3.05, 3.63) is 125 Å². The maximum atomic E-state index is 13.5. The van der Waals surface area contributed by atoms with E-state index in [4.69, 9.17) is 14.3 Å². The highest BCUT2D eigenvalue weighted by molar-refractivity contribution is 8.18. The summed E-state index contributed by atoms with van der Waals surface area (Å²) in [6.07, 6.45) is 8.40. The Bertz CT molecular complexity index is 1890. The number of furan rings is 1. The van der Waals surface area contributed by atoms with Crippen LogP contribution in [0.3, 0.4) is 0 Å². The number of rotatable bonds is 11. The number of nitrogens with two attached hydrogens (primary N) is 1. The van der Waals surface area contributed by atoms with Gasteiger partial charge in [0.05, 0.1) is 22.6 Å². The molecule has 2 heterocycles. The van der Waals surface area contributed by atoms with Gasteiger partial charge in [-0.25, -0.2) is 13.6 Å². The molecular formula is C32H27N5O6S2. The fourth-order valence-corrected chi connectivity index (χ4v) is 5.50. The van der Waals surface area contributed by atoms with Crippen LogP contribution < -0.4 is 15.2 Å². The number of para-hydroxylation sites is 1. The lowest BCUT2D eigenvalue weighted by Gasteiger charge is -2.12. The first-order chi connectivity index (χ1) is 21.8. The molecule has 0 saturated carbocycles. The minimum atomic E-state index is -3.84. The first-order valence-electron chi connectivity index (χ1n) is 13.5. The SMILES string of the molecule is NS(=O)(=O)c1ccc(NC(=O)COc2ccccc2/C=C2\S\C(=N/N=C/C=C/c3ccccc3)N(Cc3ccco3)C2=O)cc1. The molecule has 0 aliphatic carbocycles. The summed E-state index contributed by atoms with van der Waals surface area (Å²) in [7, 11) is -3.84. The van der Waals surface area contributed by atoms with Crippen molar-refractivity contribution in [2.24, 2.45) is 15.3 Å². The van der Waals surface area contributed by atoms with Crippen LogP contribution in [0.5, 0.6) is 5.75 Å². The summed E-state index contributed by atoms with van der Waals surface area (Å²) in [5, 5.41) is 16.6. The summed E-state index contributed by atoms with van der Waals surface area (Å²) in [6, 6.07) is 25.7. The van der Waals surface area contributed by atoms with E-state index in [0.717, 1.165) is 17.3 Å². The maximum absolute atomic E-state index is 13.5. The predicted octanol–water partition coefficient (Wildman–Crippen LogP) is 5.12. The Balaban J connectivity index is 1.29. The lowest BCUT2D eigenvalue weighted by molar-refractivity contribution is -0.122. The molecule has 1 aliphatic rings. The third kappa shape index (κ3) is 8.66. The maximum Gasteiger partial charge on any atom is 0.267 e. The molecule has 3 N–H and O–H groups in total. The van der Waals surface area contributed by atoms with Crippen LogP contribution in [0.2, 0.25) is 0 Å². The highest BCUT2D eigenvalue weighted by Gasteiger charge is 2.34. The minimum Gasteiger partial charge on any atom is -0.483 e. The quantitative estimate of drug-likeness (QED) is 0.131. The van der Waals surface area contributed by atoms with Gasteiger partial charge in [-0.15, -0.1) is 5.10 Å². The summed E-state index contributed by atoms with van der Waals surface area (Å²) < 4.78 is 34.1. The molecule has 1 aliphatic heterocycles. The van der Waals surface area contributed by atoms with Crippen LogP contribution in [0, 0.1) is 0 Å². The molecule has 0 bridgehead atoms. The van der Waals surface area contributed by atoms with Gasteiger partial charge in [0.2, 0.25) is 10.0 Å². The number of sulfonamides is 1. The highest BCUT2D eigenvalue weighted by atomic mass is 32.2. The number of ether oxygens (including phenoxy) is 1. The Hall–Kier alpha value is -5.24. The third-order valence-electron chi connectivity index (χ3n) is 6.20. The first-order valence-corrected chi connectivity index (χ1v) is 15.8. The van der Waals surface area contributed by atoms with E-state index < -0.39 is 15.9 Å². The number of benzene rings is 3. The van der Waals surface area contributed by atoms with Crippen LogP contribution in [-0.4, -0.2) is 43.1 Å². The number of allylic oxidation sites excluding steroid dienone is 1. The molecular weight excluding hydrogens is 615 g/mol. The van der Waals surface area contributed by atoms with Crippen LogP contribution in [-0.2, 0) is 26.2 Å². The number of nitrogens with zero attached hydrogens (tertiary/aromatic N) is 3. The summed E-state index contributed by atoms with van der Waals surface area (Å²) in [5.41, 5.74) is 1.97. The van der Waals surface area contributed by atoms with E-state index in [-0.39, 0.29) is 24.0 Å². The molecule has 0 atom stereocenters. The normalized spacial score (nSPS) is 15.5. The minimum absolute atomic E-state index is 0.0688. The number of nitrogens with one attached hydrogen (secondary N) is 1. The Morgan fingerprint density at radius 2 is 1.76 bits per heavy atom. The van der Waals surface area contributed by atoms with E-state index in [1.807, 2.05) is 36.4 Å². The van der Waals surface area contributed by atoms with Crippen molar-refractivity contribution in [1.82, 2.24) is 4.90 Å². The number of carbonyl (C=O) groups is 2. The fraction of sp³-hybridized carbons (Fsp3) is 0.0625. The average Bonchev–Trinajstić information content (AvgIpc) is 3.65. The largest absolute Gasteiger partial charge is 0.483 e. The molecule has 0 spiro atoms. The second-order valence-corrected chi connectivity index (χ2v) is 12.0. The topological polar surface area (TPSA) is 157 Å². The zero-order valence-corrected chi connectivity index (χ0v) is 25.3. The van der Waals surface area contributed by atoms with Crippen LogP contribution in [0.1, 0.15) is 16.9 Å². The number of primary sulfonamides is 1. The van der Waals surface area contributed by atoms with Crippen molar-refractivity contribution in [3.8, 4) is 5.75 Å². The van der Waals surface area contributed by atoms with Gasteiger partial charge in [-0.1, -0.05) is 54.6 Å². The Morgan fingerprint density at radius 3 is 2.49 bits per heavy atom. The van der Waals surface area contributed by atoms with E-state index in [1.165, 1.54) is 35.4 Å². The molecule has 5 rings (SSSR count). The molecule has 45 heavy (non-hydrogen) atoms. The number of hydrogen-bond acceptors (Lipinski definition) is 9. The Kier molecular flexibility index (Phi) is 10.0. The van der Waals surface area contributed by atoms with E-state index in [9.17, 15) is 18.0 Å². The van der Waals surface area contributed by atoms with E-state index in [2.05, 4.69) is 15.5 Å². The summed E-state index contributed by atoms with van der Waals surface area (Å²) >= 11 is 1.16. The lowest BCUT2D eigenvalue weighted by Crippen LogP contribution is -2.28. The smallest absolute Gasteiger partial charge is 0.267 e. The molecule has 1 saturated heterocycles. The molecule has 0 unspecified atom stereocenters. The van der Waals surface area contributed by atoms with Gasteiger partial charge in [0.1, 0.15) is 11.5 Å². The van der Waals surface area contributed by atoms with Gasteiger partial charge < -0.3 is 14.5 Å². The van der Waals surface area contributed by atoms with Gasteiger partial charge in [-0.2, -0.15) is 5.10 Å². The lowest BCUT2D eigenvalue weighted by atomic mass is 10.2. The van der Waals surface area contributed by atoms with Crippen LogP contribution >= 0.6 is 11.8 Å². The predicted molar refractivity (Wildman–Crippen MR) is 175 cm³/mol. The van der Waals surface area contributed by atoms with E-state index in [0.29, 0.717) is 32.8 Å². The number of hydrogen-bond donors (Lipinski definition) is 2. The molecule has 1 aromatic heterocycles. The standard InChI is InChI=1S/C32H27N5O6S2/c33-45(40,41)27-16-14-25(15-17-27)35-30(38)22-43-28-13-5-4-11-24(28)20-29-31(39)37(21-26-12-7-19-42-26)32(44-29)36-34-18-6-10-23-8-2-1-3-9-23/h1-20H,21-22H2,(H,35,38)(H2,33,40,41)/b10-6+,29-20-,34-18+,36-32-. The number of thioether (sulfide) groups is 1. The van der Waals surface area contributed by atoms with Crippen molar-refractivity contribution in [1.29, 1.82) is 0 Å². The monoisotopic (exact) mass is 641 g/mol. The second-order valence-electron chi connectivity index (χ2n) is 9.44. The number of anilines is 1. The molecule has 11 nitrogen and oxygen atoms in total. The number of carbonyl (C=O) groups excluding carboxylic acids is 2. The van der Waals surface area contributed by atoms with Gasteiger partial charge >= 0.3 is 0 Å². The summed E-state index contributed by atoms with van der Waals surface area (Å²) in [5.74, 6) is 0.205. The summed E-state index contributed by atoms with van der Waals surface area (Å²) in [6.45, 7) is -0.165. The molecule has 2 amide bonds. The molecule has 1 fully saturated rings. The second kappa shape index (κ2) is 14.5. The molecule has 228 valence electrons. The van der Waals surface area contributed by atoms with Crippen molar-refractivity contribution in [3.63, 3.8) is 0 Å². The van der Waals surface area contributed by atoms with Crippen LogP contribution in [0.4, 0.5) is 5.69 Å². The van der Waals surface area contributed by atoms with Gasteiger partial charge in [-0.05, 0) is 71.9 Å². The number of amidine groups is 1. The third-order valence-corrected chi connectivity index (χ3v) is 8.12. The first kappa shape index (κ1) is 31.2. The van der Waals surface area contributed by atoms with E-state index >= 15 is 0 Å². The average molecular weight is 642 g/mol. The molecule has 4 aromatic rings. The highest BCUT2D eigenvalue weighted by Crippen LogP contribution is 2.35. The van der Waals surface area contributed by atoms with Crippen molar-refractivity contribution in [2.45, 2.75) is 11.4 Å². The van der Waals surface area contributed by atoms with E-state index in [1.54, 1.807) is 54.8 Å². The van der Waals surface area contributed by atoms with Gasteiger partial charge in [0.25, 0.3) is 11.8 Å². The van der Waals surface area contributed by atoms with Crippen LogP contribution in [0.25, 0.3) is 12.2 Å². The van der Waals surface area contributed by atoms with Crippen LogP contribution in [0.15, 0.2) is 128 Å². The number of amides is 2. The molecule has 0 radical (unpaired) electrons. The van der Waals surface area contributed by atoms with Crippen molar-refractivity contribution in [2.75, 3.05) is 11.9 Å². The van der Waals surface area contributed by atoms with Gasteiger partial charge in [0, 0.05) is 17.5 Å². The fourth-order valence-electron chi connectivity index (χ4n) is 4.06. The molecule has 13 heteroatoms. The summed E-state index contributed by atoms with van der Waals surface area (Å²) in [4.78, 5) is 27.8. The van der Waals surface area contributed by atoms with Gasteiger partial charge in [-0.3, -0.25) is 14.5 Å². The van der Waals surface area contributed by atoms with Gasteiger partial charge in [0.15, 0.2) is 11.8 Å². The Morgan fingerprint density at radius 1 is 1.00 bits per heavy atom. The molecule has 3 aromatic carbocycles. The zero-order valence-electron chi connectivity index (χ0n) is 23.6. The Labute approximate surface area is 263 Å². The zero-order chi connectivity index (χ0) is 31.6.